The average Bonchev–Trinajstić information content (AvgIpc) is 2.93. The van der Waals surface area contributed by atoms with Crippen molar-refractivity contribution in [1.82, 2.24) is 14.3 Å². The Labute approximate surface area is 148 Å². The molecule has 2 heterocycles. The maximum atomic E-state index is 12.9. The van der Waals surface area contributed by atoms with Crippen LogP contribution in [-0.2, 0) is 16.0 Å². The summed E-state index contributed by atoms with van der Waals surface area (Å²) in [5.74, 6) is -0.343. The molecule has 0 aromatic carbocycles. The summed E-state index contributed by atoms with van der Waals surface area (Å²) in [7, 11) is 0. The number of imidazole rings is 1. The van der Waals surface area contributed by atoms with E-state index in [0.29, 0.717) is 25.3 Å². The molecule has 0 saturated heterocycles. The molecule has 0 atom stereocenters. The molecular formula is C19H27N3O3. The van der Waals surface area contributed by atoms with Gasteiger partial charge in [-0.25, -0.2) is 4.98 Å². The van der Waals surface area contributed by atoms with E-state index < -0.39 is 0 Å². The summed E-state index contributed by atoms with van der Waals surface area (Å²) in [6.45, 7) is 9.21. The largest absolute Gasteiger partial charge is 0.466 e. The lowest BCUT2D eigenvalue weighted by Gasteiger charge is -2.22. The number of ether oxygens (including phenoxy) is 1. The number of nitrogens with zero attached hydrogens (tertiary/aromatic N) is 3. The Kier molecular flexibility index (Phi) is 6.56. The summed E-state index contributed by atoms with van der Waals surface area (Å²) in [5, 5.41) is 0. The van der Waals surface area contributed by atoms with Crippen molar-refractivity contribution in [2.45, 2.75) is 47.0 Å². The standard InChI is InChI=1S/C19H27N3O3/c1-5-11-21(12-10-18(23)25-7-3)19(24)15-8-9-17-20-16(6-2)14(4)22(17)13-15/h8-9,13H,5-7,10-12H2,1-4H3. The van der Waals surface area contributed by atoms with Crippen LogP contribution in [-0.4, -0.2) is 45.9 Å². The Hall–Kier alpha value is -2.37. The molecule has 0 N–H and O–H groups in total. The molecule has 0 aliphatic heterocycles. The fourth-order valence-corrected chi connectivity index (χ4v) is 2.90. The number of fused-ring (bicyclic) bond motifs is 1. The van der Waals surface area contributed by atoms with Gasteiger partial charge in [-0.05, 0) is 38.8 Å². The highest BCUT2D eigenvalue weighted by Gasteiger charge is 2.18. The topological polar surface area (TPSA) is 63.9 Å². The highest BCUT2D eigenvalue weighted by atomic mass is 16.5. The van der Waals surface area contributed by atoms with Gasteiger partial charge in [0.05, 0.1) is 24.3 Å². The molecule has 0 bridgehead atoms. The van der Waals surface area contributed by atoms with Crippen LogP contribution in [0, 0.1) is 6.92 Å². The molecule has 0 saturated carbocycles. The molecular weight excluding hydrogens is 318 g/mol. The normalized spacial score (nSPS) is 10.9. The number of aryl methyl sites for hydroxylation is 2. The lowest BCUT2D eigenvalue weighted by Crippen LogP contribution is -2.34. The van der Waals surface area contributed by atoms with Crippen LogP contribution in [0.15, 0.2) is 18.3 Å². The third-order valence-corrected chi connectivity index (χ3v) is 4.21. The van der Waals surface area contributed by atoms with Crippen molar-refractivity contribution in [2.75, 3.05) is 19.7 Å². The van der Waals surface area contributed by atoms with E-state index in [4.69, 9.17) is 4.74 Å². The second kappa shape index (κ2) is 8.65. The highest BCUT2D eigenvalue weighted by molar-refractivity contribution is 5.94. The van der Waals surface area contributed by atoms with Crippen LogP contribution in [0.4, 0.5) is 0 Å². The molecule has 2 aromatic rings. The first-order valence-electron chi connectivity index (χ1n) is 8.94. The van der Waals surface area contributed by atoms with Crippen molar-refractivity contribution in [3.63, 3.8) is 0 Å². The summed E-state index contributed by atoms with van der Waals surface area (Å²) >= 11 is 0. The number of carbonyl (C=O) groups excluding carboxylic acids is 2. The van der Waals surface area contributed by atoms with Crippen LogP contribution < -0.4 is 0 Å². The number of carbonyl (C=O) groups is 2. The molecule has 6 heteroatoms. The summed E-state index contributed by atoms with van der Waals surface area (Å²) in [4.78, 5) is 30.8. The molecule has 0 aliphatic carbocycles. The van der Waals surface area contributed by atoms with Crippen LogP contribution in [0.5, 0.6) is 0 Å². The number of amides is 1. The molecule has 0 spiro atoms. The van der Waals surface area contributed by atoms with Crippen LogP contribution in [0.2, 0.25) is 0 Å². The summed E-state index contributed by atoms with van der Waals surface area (Å²) < 4.78 is 6.91. The fourth-order valence-electron chi connectivity index (χ4n) is 2.90. The summed E-state index contributed by atoms with van der Waals surface area (Å²) in [6.07, 6.45) is 3.75. The molecule has 25 heavy (non-hydrogen) atoms. The van der Waals surface area contributed by atoms with Gasteiger partial charge >= 0.3 is 5.97 Å². The van der Waals surface area contributed by atoms with Crippen molar-refractivity contribution < 1.29 is 14.3 Å². The van der Waals surface area contributed by atoms with Crippen molar-refractivity contribution in [3.8, 4) is 0 Å². The van der Waals surface area contributed by atoms with E-state index in [2.05, 4.69) is 11.9 Å². The van der Waals surface area contributed by atoms with E-state index >= 15 is 0 Å². The van der Waals surface area contributed by atoms with Crippen molar-refractivity contribution in [2.24, 2.45) is 0 Å². The third-order valence-electron chi connectivity index (χ3n) is 4.21. The van der Waals surface area contributed by atoms with Crippen LogP contribution in [0.3, 0.4) is 0 Å². The Bertz CT molecular complexity index is 752. The zero-order chi connectivity index (χ0) is 18.4. The number of pyridine rings is 1. The molecule has 136 valence electrons. The molecule has 6 nitrogen and oxygen atoms in total. The predicted molar refractivity (Wildman–Crippen MR) is 96.8 cm³/mol. The zero-order valence-electron chi connectivity index (χ0n) is 15.5. The predicted octanol–water partition coefficient (Wildman–Crippen LogP) is 3.01. The van der Waals surface area contributed by atoms with Gasteiger partial charge in [-0.15, -0.1) is 0 Å². The van der Waals surface area contributed by atoms with E-state index in [9.17, 15) is 9.59 Å². The van der Waals surface area contributed by atoms with Gasteiger partial charge in [-0.3, -0.25) is 9.59 Å². The minimum Gasteiger partial charge on any atom is -0.466 e. The minimum atomic E-state index is -0.273. The van der Waals surface area contributed by atoms with Gasteiger partial charge in [0.25, 0.3) is 5.91 Å². The van der Waals surface area contributed by atoms with Gasteiger partial charge in [0.2, 0.25) is 0 Å². The third kappa shape index (κ3) is 4.38. The summed E-state index contributed by atoms with van der Waals surface area (Å²) in [5.41, 5.74) is 3.55. The van der Waals surface area contributed by atoms with E-state index in [-0.39, 0.29) is 18.3 Å². The van der Waals surface area contributed by atoms with Crippen molar-refractivity contribution in [1.29, 1.82) is 0 Å². The van der Waals surface area contributed by atoms with Gasteiger partial charge in [-0.1, -0.05) is 13.8 Å². The average molecular weight is 345 g/mol. The van der Waals surface area contributed by atoms with Gasteiger partial charge in [0.1, 0.15) is 5.65 Å². The van der Waals surface area contributed by atoms with Crippen molar-refractivity contribution >= 4 is 17.5 Å². The quantitative estimate of drug-likeness (QED) is 0.690. The maximum Gasteiger partial charge on any atom is 0.307 e. The monoisotopic (exact) mass is 345 g/mol. The second-order valence-electron chi connectivity index (χ2n) is 5.99. The number of esters is 1. The highest BCUT2D eigenvalue weighted by Crippen LogP contribution is 2.15. The Balaban J connectivity index is 2.21. The van der Waals surface area contributed by atoms with Crippen LogP contribution >= 0.6 is 0 Å². The number of rotatable bonds is 8. The zero-order valence-corrected chi connectivity index (χ0v) is 15.5. The van der Waals surface area contributed by atoms with E-state index in [1.54, 1.807) is 17.9 Å². The molecule has 2 aromatic heterocycles. The van der Waals surface area contributed by atoms with Gasteiger partial charge in [0, 0.05) is 25.0 Å². The number of hydrogen-bond donors (Lipinski definition) is 0. The van der Waals surface area contributed by atoms with Crippen molar-refractivity contribution in [3.05, 3.63) is 35.3 Å². The molecule has 1 amide bonds. The molecule has 0 aliphatic rings. The van der Waals surface area contributed by atoms with Crippen LogP contribution in [0.25, 0.3) is 5.65 Å². The Morgan fingerprint density at radius 1 is 1.20 bits per heavy atom. The molecule has 0 fully saturated rings. The van der Waals surface area contributed by atoms with E-state index in [1.807, 2.05) is 30.5 Å². The number of hydrogen-bond acceptors (Lipinski definition) is 4. The number of aromatic nitrogens is 2. The first kappa shape index (κ1) is 19.0. The van der Waals surface area contributed by atoms with E-state index in [0.717, 1.165) is 29.9 Å². The molecule has 0 radical (unpaired) electrons. The Morgan fingerprint density at radius 3 is 2.60 bits per heavy atom. The lowest BCUT2D eigenvalue weighted by atomic mass is 10.2. The van der Waals surface area contributed by atoms with E-state index in [1.165, 1.54) is 0 Å². The molecule has 0 unspecified atom stereocenters. The molecule has 2 rings (SSSR count). The van der Waals surface area contributed by atoms with Crippen LogP contribution in [0.1, 0.15) is 55.4 Å². The Morgan fingerprint density at radius 2 is 1.96 bits per heavy atom. The maximum absolute atomic E-state index is 12.9. The lowest BCUT2D eigenvalue weighted by molar-refractivity contribution is -0.143. The van der Waals surface area contributed by atoms with Gasteiger partial charge < -0.3 is 14.0 Å². The second-order valence-corrected chi connectivity index (χ2v) is 5.99. The smallest absolute Gasteiger partial charge is 0.307 e. The first-order valence-corrected chi connectivity index (χ1v) is 8.94. The SMILES string of the molecule is CCCN(CCC(=O)OCC)C(=O)c1ccc2nc(CC)c(C)n2c1. The summed E-state index contributed by atoms with van der Waals surface area (Å²) in [6, 6.07) is 3.67. The first-order chi connectivity index (χ1) is 12.0. The minimum absolute atomic E-state index is 0.0702. The van der Waals surface area contributed by atoms with Gasteiger partial charge in [-0.2, -0.15) is 0 Å². The van der Waals surface area contributed by atoms with Gasteiger partial charge in [0.15, 0.2) is 0 Å². The fraction of sp³-hybridized carbons (Fsp3) is 0.526.